The third kappa shape index (κ3) is 6.37. The Labute approximate surface area is 179 Å². The van der Waals surface area contributed by atoms with E-state index in [4.69, 9.17) is 14.6 Å². The molecule has 0 aromatic heterocycles. The number of phenolic OH excluding ortho intramolecular Hbond substituents is 2. The van der Waals surface area contributed by atoms with Crippen LogP contribution in [0.4, 0.5) is 0 Å². The number of hydrogen-bond donors (Lipinski definition) is 3. The Hall–Kier alpha value is -4.26. The fourth-order valence-electron chi connectivity index (χ4n) is 2.61. The number of hydrogen-bond acceptors (Lipinski definition) is 6. The molecule has 0 fully saturated rings. The maximum atomic E-state index is 12.1. The van der Waals surface area contributed by atoms with E-state index in [1.807, 2.05) is 12.1 Å². The summed E-state index contributed by atoms with van der Waals surface area (Å²) >= 11 is 0. The van der Waals surface area contributed by atoms with E-state index in [1.54, 1.807) is 37.4 Å². The molecule has 7 heteroatoms. The second-order valence-corrected chi connectivity index (χ2v) is 6.14. The van der Waals surface area contributed by atoms with Gasteiger partial charge < -0.3 is 24.8 Å². The number of aromatic hydroxyl groups is 2. The zero-order chi connectivity index (χ0) is 22.8. The second-order valence-electron chi connectivity index (χ2n) is 6.14. The van der Waals surface area contributed by atoms with E-state index >= 15 is 0 Å². The first-order chi connectivity index (χ1) is 14.9. The van der Waals surface area contributed by atoms with Crippen molar-refractivity contribution in [2.75, 3.05) is 14.2 Å². The number of para-hydroxylation sites is 2. The van der Waals surface area contributed by atoms with Crippen LogP contribution in [0.1, 0.15) is 21.5 Å². The summed E-state index contributed by atoms with van der Waals surface area (Å²) in [5.41, 5.74) is 1.03. The lowest BCUT2D eigenvalue weighted by Crippen LogP contribution is -2.02. The number of aliphatic carboxylic acids is 1. The Kier molecular flexibility index (Phi) is 8.22. The van der Waals surface area contributed by atoms with Crippen LogP contribution in [0.2, 0.25) is 0 Å². The Morgan fingerprint density at radius 2 is 1.45 bits per heavy atom. The molecule has 0 unspecified atom stereocenters. The highest BCUT2D eigenvalue weighted by Crippen LogP contribution is 2.28. The number of phenols is 2. The first kappa shape index (κ1) is 23.0. The minimum atomic E-state index is -0.967. The van der Waals surface area contributed by atoms with Crippen molar-refractivity contribution in [2.45, 2.75) is 0 Å². The van der Waals surface area contributed by atoms with Crippen molar-refractivity contribution in [1.82, 2.24) is 0 Å². The molecule has 3 N–H and O–H groups in total. The number of rotatable bonds is 6. The van der Waals surface area contributed by atoms with Gasteiger partial charge in [-0.1, -0.05) is 30.3 Å². The second kappa shape index (κ2) is 11.1. The van der Waals surface area contributed by atoms with E-state index < -0.39 is 11.8 Å². The molecule has 0 saturated carbocycles. The van der Waals surface area contributed by atoms with E-state index in [1.165, 1.54) is 37.5 Å². The first-order valence-corrected chi connectivity index (χ1v) is 9.11. The van der Waals surface area contributed by atoms with E-state index in [2.05, 4.69) is 0 Å². The summed E-state index contributed by atoms with van der Waals surface area (Å²) in [5, 5.41) is 27.8. The van der Waals surface area contributed by atoms with Crippen LogP contribution in [0.15, 0.2) is 72.8 Å². The van der Waals surface area contributed by atoms with Crippen molar-refractivity contribution in [3.8, 4) is 23.0 Å². The molecule has 160 valence electrons. The molecule has 0 radical (unpaired) electrons. The zero-order valence-corrected chi connectivity index (χ0v) is 17.0. The van der Waals surface area contributed by atoms with Crippen LogP contribution in [-0.4, -0.2) is 41.3 Å². The van der Waals surface area contributed by atoms with Gasteiger partial charge in [-0.05, 0) is 36.4 Å². The Bertz CT molecular complexity index is 1090. The highest BCUT2D eigenvalue weighted by Gasteiger charge is 2.16. The summed E-state index contributed by atoms with van der Waals surface area (Å²) in [7, 11) is 3.02. The van der Waals surface area contributed by atoms with Crippen LogP contribution < -0.4 is 9.47 Å². The average Bonchev–Trinajstić information content (AvgIpc) is 2.78. The minimum absolute atomic E-state index is 0.113. The van der Waals surface area contributed by atoms with Gasteiger partial charge in [-0.2, -0.15) is 0 Å². The highest BCUT2D eigenvalue weighted by atomic mass is 16.5. The summed E-state index contributed by atoms with van der Waals surface area (Å²) in [6.45, 7) is 0. The molecular formula is C24H22O7. The number of carbonyl (C=O) groups excluding carboxylic acids is 1. The van der Waals surface area contributed by atoms with E-state index in [9.17, 15) is 19.8 Å². The molecule has 0 spiro atoms. The van der Waals surface area contributed by atoms with Gasteiger partial charge in [0.05, 0.1) is 25.3 Å². The quantitative estimate of drug-likeness (QED) is 0.404. The molecular weight excluding hydrogens is 400 g/mol. The van der Waals surface area contributed by atoms with Gasteiger partial charge in [0.15, 0.2) is 5.78 Å². The molecule has 3 aromatic carbocycles. The third-order valence-electron chi connectivity index (χ3n) is 4.14. The molecule has 7 nitrogen and oxygen atoms in total. The van der Waals surface area contributed by atoms with Crippen LogP contribution in [0, 0.1) is 0 Å². The molecule has 0 saturated heterocycles. The molecule has 0 aliphatic heterocycles. The fraction of sp³-hybridized carbons (Fsp3) is 0.0833. The van der Waals surface area contributed by atoms with Gasteiger partial charge in [-0.3, -0.25) is 4.79 Å². The molecule has 31 heavy (non-hydrogen) atoms. The average molecular weight is 422 g/mol. The topological polar surface area (TPSA) is 113 Å². The van der Waals surface area contributed by atoms with Gasteiger partial charge in [-0.15, -0.1) is 0 Å². The van der Waals surface area contributed by atoms with Crippen molar-refractivity contribution < 1.29 is 34.4 Å². The summed E-state index contributed by atoms with van der Waals surface area (Å²) in [6, 6.07) is 17.8. The van der Waals surface area contributed by atoms with Crippen molar-refractivity contribution in [1.29, 1.82) is 0 Å². The molecule has 0 aliphatic rings. The number of methoxy groups -OCH3 is 2. The van der Waals surface area contributed by atoms with Crippen molar-refractivity contribution in [3.05, 3.63) is 89.5 Å². The SMILES string of the molecule is COc1ccc(C(=O)c2ccccc2O)c(O)c1.COc1ccccc1C=CC(=O)O. The minimum Gasteiger partial charge on any atom is -0.507 e. The van der Waals surface area contributed by atoms with Crippen LogP contribution >= 0.6 is 0 Å². The predicted octanol–water partition coefficient (Wildman–Crippen LogP) is 4.13. The summed E-state index contributed by atoms with van der Waals surface area (Å²) in [5.74, 6) is -0.569. The smallest absolute Gasteiger partial charge is 0.328 e. The fourth-order valence-corrected chi connectivity index (χ4v) is 2.61. The van der Waals surface area contributed by atoms with Gasteiger partial charge in [0.2, 0.25) is 0 Å². The lowest BCUT2D eigenvalue weighted by Gasteiger charge is -2.07. The van der Waals surface area contributed by atoms with Crippen LogP contribution in [-0.2, 0) is 4.79 Å². The molecule has 0 aliphatic carbocycles. The lowest BCUT2D eigenvalue weighted by molar-refractivity contribution is -0.131. The number of benzene rings is 3. The molecule has 3 aromatic rings. The number of carbonyl (C=O) groups is 2. The molecule has 0 atom stereocenters. The van der Waals surface area contributed by atoms with E-state index in [0.29, 0.717) is 11.5 Å². The normalized spacial score (nSPS) is 10.1. The number of carboxylic acids is 1. The summed E-state index contributed by atoms with van der Waals surface area (Å²) in [6.07, 6.45) is 2.58. The summed E-state index contributed by atoms with van der Waals surface area (Å²) in [4.78, 5) is 22.4. The molecule has 0 bridgehead atoms. The van der Waals surface area contributed by atoms with Crippen LogP contribution in [0.3, 0.4) is 0 Å². The maximum Gasteiger partial charge on any atom is 0.328 e. The lowest BCUT2D eigenvalue weighted by atomic mass is 10.0. The van der Waals surface area contributed by atoms with Crippen molar-refractivity contribution in [2.24, 2.45) is 0 Å². The van der Waals surface area contributed by atoms with Gasteiger partial charge in [-0.25, -0.2) is 4.79 Å². The maximum absolute atomic E-state index is 12.1. The number of ketones is 1. The molecule has 3 rings (SSSR count). The summed E-state index contributed by atoms with van der Waals surface area (Å²) < 4.78 is 9.97. The Morgan fingerprint density at radius 1 is 0.806 bits per heavy atom. The Morgan fingerprint density at radius 3 is 2.06 bits per heavy atom. The van der Waals surface area contributed by atoms with Gasteiger partial charge in [0, 0.05) is 17.7 Å². The van der Waals surface area contributed by atoms with Gasteiger partial charge in [0.25, 0.3) is 0 Å². The predicted molar refractivity (Wildman–Crippen MR) is 116 cm³/mol. The number of ether oxygens (including phenoxy) is 2. The Balaban J connectivity index is 0.000000233. The van der Waals surface area contributed by atoms with Crippen LogP contribution in [0.25, 0.3) is 6.08 Å². The van der Waals surface area contributed by atoms with Gasteiger partial charge in [0.1, 0.15) is 23.0 Å². The monoisotopic (exact) mass is 422 g/mol. The van der Waals surface area contributed by atoms with E-state index in [0.717, 1.165) is 11.6 Å². The first-order valence-electron chi connectivity index (χ1n) is 9.11. The standard InChI is InChI=1S/C14H12O4.C10H10O3/c1-18-9-6-7-11(13(16)8-9)14(17)10-4-2-3-5-12(10)15;1-13-9-5-3-2-4-8(9)6-7-10(11)12/h2-8,15-16H,1H3;2-7H,1H3,(H,11,12). The molecule has 0 heterocycles. The third-order valence-corrected chi connectivity index (χ3v) is 4.14. The molecule has 0 amide bonds. The van der Waals surface area contributed by atoms with Crippen LogP contribution in [0.5, 0.6) is 23.0 Å². The van der Waals surface area contributed by atoms with Crippen molar-refractivity contribution >= 4 is 17.8 Å². The van der Waals surface area contributed by atoms with Crippen molar-refractivity contribution in [3.63, 3.8) is 0 Å². The van der Waals surface area contributed by atoms with E-state index in [-0.39, 0.29) is 22.6 Å². The largest absolute Gasteiger partial charge is 0.507 e. The van der Waals surface area contributed by atoms with Gasteiger partial charge >= 0.3 is 5.97 Å². The zero-order valence-electron chi connectivity index (χ0n) is 17.0. The highest BCUT2D eigenvalue weighted by molar-refractivity contribution is 6.12. The number of carboxylic acid groups (broad SMARTS) is 1.